The summed E-state index contributed by atoms with van der Waals surface area (Å²) in [5.41, 5.74) is 2.19. The van der Waals surface area contributed by atoms with Crippen LogP contribution in [-0.4, -0.2) is 64.7 Å². The molecule has 0 spiro atoms. The number of hydrogen-bond acceptors (Lipinski definition) is 6. The minimum atomic E-state index is -1.18. The van der Waals surface area contributed by atoms with E-state index in [2.05, 4.69) is 15.8 Å². The molecular formula is C32H40F2N4O5. The fraction of sp³-hybridized carbons (Fsp3) is 0.438. The van der Waals surface area contributed by atoms with Gasteiger partial charge in [-0.2, -0.15) is 0 Å². The van der Waals surface area contributed by atoms with Crippen molar-refractivity contribution in [1.82, 2.24) is 20.7 Å². The minimum absolute atomic E-state index is 0.0258. The van der Waals surface area contributed by atoms with Gasteiger partial charge in [-0.3, -0.25) is 14.4 Å². The third-order valence-corrected chi connectivity index (χ3v) is 6.79. The molecule has 1 heterocycles. The van der Waals surface area contributed by atoms with Crippen LogP contribution in [-0.2, 0) is 17.6 Å². The standard InChI is InChI=1S/C32H40F2N4O5/c1-5-9-38(10-6-2)32(42)24-12-20(3)11-23(17-24)31(41)36-28(16-22-14-25(33)18-26(34)15-22)29(39)7-8-35-30(40)19-27-13-21(4)37-43-27/h11-15,17-18,28-29,39H,5-10,16,19H2,1-4H3,(H,35,40)(H,36,41)/t28-,29+/m0/s1. The number of benzene rings is 2. The average molecular weight is 599 g/mol. The van der Waals surface area contributed by atoms with Crippen LogP contribution in [0.1, 0.15) is 76.4 Å². The number of carbonyl (C=O) groups excluding carboxylic acids is 3. The van der Waals surface area contributed by atoms with E-state index in [0.29, 0.717) is 35.7 Å². The van der Waals surface area contributed by atoms with Gasteiger partial charge < -0.3 is 25.2 Å². The van der Waals surface area contributed by atoms with Gasteiger partial charge in [-0.15, -0.1) is 0 Å². The number of amides is 3. The Kier molecular flexibility index (Phi) is 12.4. The molecule has 3 amide bonds. The largest absolute Gasteiger partial charge is 0.391 e. The van der Waals surface area contributed by atoms with Crippen molar-refractivity contribution in [3.8, 4) is 0 Å². The van der Waals surface area contributed by atoms with Crippen molar-refractivity contribution in [2.75, 3.05) is 19.6 Å². The predicted octanol–water partition coefficient (Wildman–Crippen LogP) is 4.28. The number of rotatable bonds is 15. The highest BCUT2D eigenvalue weighted by atomic mass is 19.1. The molecule has 0 bridgehead atoms. The van der Waals surface area contributed by atoms with Crippen molar-refractivity contribution in [3.05, 3.63) is 87.8 Å². The summed E-state index contributed by atoms with van der Waals surface area (Å²) in [5.74, 6) is -2.24. The molecule has 0 aliphatic rings. The van der Waals surface area contributed by atoms with E-state index in [0.717, 1.165) is 31.0 Å². The van der Waals surface area contributed by atoms with Gasteiger partial charge in [0.2, 0.25) is 5.91 Å². The van der Waals surface area contributed by atoms with E-state index in [1.54, 1.807) is 36.9 Å². The number of halogens is 2. The normalized spacial score (nSPS) is 12.4. The molecule has 3 rings (SSSR count). The number of nitrogens with zero attached hydrogens (tertiary/aromatic N) is 2. The monoisotopic (exact) mass is 598 g/mol. The smallest absolute Gasteiger partial charge is 0.253 e. The van der Waals surface area contributed by atoms with Crippen LogP contribution in [0, 0.1) is 25.5 Å². The van der Waals surface area contributed by atoms with Crippen molar-refractivity contribution in [2.24, 2.45) is 0 Å². The van der Waals surface area contributed by atoms with Gasteiger partial charge in [-0.1, -0.05) is 19.0 Å². The molecule has 0 saturated carbocycles. The topological polar surface area (TPSA) is 125 Å². The summed E-state index contributed by atoms with van der Waals surface area (Å²) in [6.45, 7) is 8.76. The fourth-order valence-corrected chi connectivity index (χ4v) is 4.87. The lowest BCUT2D eigenvalue weighted by Crippen LogP contribution is -2.46. The van der Waals surface area contributed by atoms with Crippen LogP contribution in [0.5, 0.6) is 0 Å². The number of aliphatic hydroxyl groups is 1. The molecule has 2 aromatic carbocycles. The SMILES string of the molecule is CCCN(CCC)C(=O)c1cc(C)cc(C(=O)N[C@@H](Cc2cc(F)cc(F)c2)[C@H](O)CCNC(=O)Cc2cc(C)no2)c1. The first kappa shape index (κ1) is 33.4. The van der Waals surface area contributed by atoms with Crippen molar-refractivity contribution in [2.45, 2.75) is 71.9 Å². The third-order valence-electron chi connectivity index (χ3n) is 6.79. The molecule has 0 radical (unpaired) electrons. The summed E-state index contributed by atoms with van der Waals surface area (Å²) in [4.78, 5) is 40.7. The van der Waals surface area contributed by atoms with Gasteiger partial charge in [0, 0.05) is 42.9 Å². The van der Waals surface area contributed by atoms with Gasteiger partial charge in [0.1, 0.15) is 17.4 Å². The molecule has 0 saturated heterocycles. The van der Waals surface area contributed by atoms with Crippen LogP contribution in [0.25, 0.3) is 0 Å². The molecule has 0 unspecified atom stereocenters. The quantitative estimate of drug-likeness (QED) is 0.240. The highest BCUT2D eigenvalue weighted by Crippen LogP contribution is 2.17. The number of carbonyl (C=O) groups is 3. The second-order valence-corrected chi connectivity index (χ2v) is 10.8. The van der Waals surface area contributed by atoms with Crippen LogP contribution in [0.3, 0.4) is 0 Å². The Balaban J connectivity index is 1.76. The molecule has 2 atom stereocenters. The molecule has 1 aromatic heterocycles. The zero-order valence-corrected chi connectivity index (χ0v) is 25.1. The zero-order chi connectivity index (χ0) is 31.5. The number of aryl methyl sites for hydroxylation is 2. The number of aliphatic hydroxyl groups excluding tert-OH is 1. The summed E-state index contributed by atoms with van der Waals surface area (Å²) < 4.78 is 32.9. The molecular weight excluding hydrogens is 558 g/mol. The van der Waals surface area contributed by atoms with Crippen molar-refractivity contribution in [3.63, 3.8) is 0 Å². The van der Waals surface area contributed by atoms with Gasteiger partial charge in [-0.25, -0.2) is 8.78 Å². The Morgan fingerprint density at radius 1 is 0.953 bits per heavy atom. The van der Waals surface area contributed by atoms with Crippen LogP contribution in [0.4, 0.5) is 8.78 Å². The molecule has 43 heavy (non-hydrogen) atoms. The Bertz CT molecular complexity index is 1380. The Morgan fingerprint density at radius 2 is 1.60 bits per heavy atom. The van der Waals surface area contributed by atoms with Gasteiger partial charge in [-0.05, 0) is 81.0 Å². The second-order valence-electron chi connectivity index (χ2n) is 10.8. The first-order valence-corrected chi connectivity index (χ1v) is 14.5. The van der Waals surface area contributed by atoms with Gasteiger partial charge in [0.25, 0.3) is 11.8 Å². The lowest BCUT2D eigenvalue weighted by Gasteiger charge is -2.25. The molecule has 11 heteroatoms. The summed E-state index contributed by atoms with van der Waals surface area (Å²) >= 11 is 0. The summed E-state index contributed by atoms with van der Waals surface area (Å²) in [7, 11) is 0. The average Bonchev–Trinajstić information content (AvgIpc) is 3.35. The summed E-state index contributed by atoms with van der Waals surface area (Å²) in [6, 6.07) is 8.57. The lowest BCUT2D eigenvalue weighted by atomic mass is 9.97. The molecule has 232 valence electrons. The Hall–Kier alpha value is -4.12. The van der Waals surface area contributed by atoms with E-state index >= 15 is 0 Å². The number of hydrogen-bond donors (Lipinski definition) is 3. The molecule has 3 aromatic rings. The van der Waals surface area contributed by atoms with E-state index in [9.17, 15) is 28.3 Å². The van der Waals surface area contributed by atoms with E-state index in [1.165, 1.54) is 6.07 Å². The Labute approximate surface area is 250 Å². The predicted molar refractivity (Wildman–Crippen MR) is 158 cm³/mol. The highest BCUT2D eigenvalue weighted by molar-refractivity contribution is 6.00. The van der Waals surface area contributed by atoms with Crippen LogP contribution in [0.15, 0.2) is 47.0 Å². The maximum Gasteiger partial charge on any atom is 0.253 e. The summed E-state index contributed by atoms with van der Waals surface area (Å²) in [5, 5.41) is 20.3. The van der Waals surface area contributed by atoms with Crippen LogP contribution in [0.2, 0.25) is 0 Å². The maximum absolute atomic E-state index is 13.9. The molecule has 3 N–H and O–H groups in total. The van der Waals surface area contributed by atoms with E-state index in [1.807, 2.05) is 13.8 Å². The molecule has 0 aliphatic heterocycles. The van der Waals surface area contributed by atoms with Crippen molar-refractivity contribution in [1.29, 1.82) is 0 Å². The van der Waals surface area contributed by atoms with E-state index in [4.69, 9.17) is 4.52 Å². The van der Waals surface area contributed by atoms with E-state index in [-0.39, 0.29) is 48.7 Å². The maximum atomic E-state index is 13.9. The van der Waals surface area contributed by atoms with Crippen LogP contribution >= 0.6 is 0 Å². The van der Waals surface area contributed by atoms with Gasteiger partial charge in [0.15, 0.2) is 0 Å². The fourth-order valence-electron chi connectivity index (χ4n) is 4.87. The van der Waals surface area contributed by atoms with Gasteiger partial charge in [0.05, 0.1) is 24.3 Å². The van der Waals surface area contributed by atoms with Gasteiger partial charge >= 0.3 is 0 Å². The first-order chi connectivity index (χ1) is 20.5. The number of nitrogens with one attached hydrogen (secondary N) is 2. The first-order valence-electron chi connectivity index (χ1n) is 14.5. The Morgan fingerprint density at radius 3 is 2.21 bits per heavy atom. The minimum Gasteiger partial charge on any atom is -0.391 e. The molecule has 0 aliphatic carbocycles. The summed E-state index contributed by atoms with van der Waals surface area (Å²) in [6.07, 6.45) is 0.354. The molecule has 0 fully saturated rings. The van der Waals surface area contributed by atoms with Crippen molar-refractivity contribution < 1.29 is 32.8 Å². The number of aromatic nitrogens is 1. The second kappa shape index (κ2) is 15.9. The van der Waals surface area contributed by atoms with E-state index < -0.39 is 29.7 Å². The van der Waals surface area contributed by atoms with Crippen LogP contribution < -0.4 is 10.6 Å². The third kappa shape index (κ3) is 10.3. The van der Waals surface area contributed by atoms with Crippen molar-refractivity contribution >= 4 is 17.7 Å². The molecule has 9 nitrogen and oxygen atoms in total. The highest BCUT2D eigenvalue weighted by Gasteiger charge is 2.25. The zero-order valence-electron chi connectivity index (χ0n) is 25.1. The lowest BCUT2D eigenvalue weighted by molar-refractivity contribution is -0.120.